The number of aromatic carboxylic acids is 1. The minimum absolute atomic E-state index is 0.0223. The molecule has 0 bridgehead atoms. The van der Waals surface area contributed by atoms with E-state index in [-0.39, 0.29) is 29.2 Å². The zero-order chi connectivity index (χ0) is 26.6. The van der Waals surface area contributed by atoms with E-state index in [1.54, 1.807) is 31.2 Å². The molecule has 0 unspecified atom stereocenters. The highest BCUT2D eigenvalue weighted by Gasteiger charge is 2.15. The molecule has 0 atom stereocenters. The smallest absolute Gasteiger partial charge is 0.335 e. The number of carboxylic acids is 1. The van der Waals surface area contributed by atoms with Gasteiger partial charge in [-0.25, -0.2) is 9.48 Å². The number of rotatable bonds is 9. The molecule has 0 aliphatic heterocycles. The summed E-state index contributed by atoms with van der Waals surface area (Å²) in [6.45, 7) is 3.77. The van der Waals surface area contributed by atoms with E-state index in [9.17, 15) is 23.1 Å². The van der Waals surface area contributed by atoms with Gasteiger partial charge in [0.2, 0.25) is 0 Å². The lowest BCUT2D eigenvalue weighted by molar-refractivity contribution is 0.0696. The summed E-state index contributed by atoms with van der Waals surface area (Å²) in [7, 11) is -3.85. The summed E-state index contributed by atoms with van der Waals surface area (Å²) >= 11 is 0. The molecule has 0 saturated heterocycles. The molecule has 0 saturated carbocycles. The lowest BCUT2D eigenvalue weighted by atomic mass is 10.0. The second-order valence-corrected chi connectivity index (χ2v) is 10.3. The van der Waals surface area contributed by atoms with Crippen LogP contribution in [0.1, 0.15) is 32.6 Å². The van der Waals surface area contributed by atoms with Gasteiger partial charge in [-0.1, -0.05) is 48.0 Å². The van der Waals surface area contributed by atoms with E-state index in [1.807, 2.05) is 31.2 Å². The van der Waals surface area contributed by atoms with Crippen LogP contribution in [-0.4, -0.2) is 35.9 Å². The van der Waals surface area contributed by atoms with E-state index in [0.29, 0.717) is 23.2 Å². The zero-order valence-electron chi connectivity index (χ0n) is 20.4. The van der Waals surface area contributed by atoms with Gasteiger partial charge in [-0.2, -0.15) is 13.5 Å². The number of nitrogens with zero attached hydrogens (tertiary/aromatic N) is 2. The molecule has 9 heteroatoms. The van der Waals surface area contributed by atoms with Crippen molar-refractivity contribution in [1.29, 1.82) is 0 Å². The number of hydrogen-bond acceptors (Lipinski definition) is 6. The maximum absolute atomic E-state index is 12.6. The van der Waals surface area contributed by atoms with Gasteiger partial charge in [0.1, 0.15) is 0 Å². The highest BCUT2D eigenvalue weighted by molar-refractivity contribution is 7.86. The molecule has 190 valence electrons. The minimum atomic E-state index is -3.85. The second kappa shape index (κ2) is 10.9. The molecule has 8 nitrogen and oxygen atoms in total. The molecule has 0 spiro atoms. The Kier molecular flexibility index (Phi) is 7.66. The zero-order valence-corrected chi connectivity index (χ0v) is 21.2. The van der Waals surface area contributed by atoms with Crippen LogP contribution in [0, 0.1) is 13.8 Å². The molecule has 3 aromatic carbocycles. The molecule has 1 N–H and O–H groups in total. The molecule has 37 heavy (non-hydrogen) atoms. The molecule has 0 aliphatic carbocycles. The largest absolute Gasteiger partial charge is 0.478 e. The Morgan fingerprint density at radius 1 is 0.946 bits per heavy atom. The number of carbonyl (C=O) groups is 1. The van der Waals surface area contributed by atoms with Crippen molar-refractivity contribution in [3.05, 3.63) is 117 Å². The van der Waals surface area contributed by atoms with Crippen molar-refractivity contribution in [3.8, 4) is 11.3 Å². The molecule has 0 aliphatic rings. The lowest BCUT2D eigenvalue weighted by Gasteiger charge is -2.12. The maximum atomic E-state index is 12.6. The summed E-state index contributed by atoms with van der Waals surface area (Å²) in [5.74, 6) is -1.04. The third-order valence-electron chi connectivity index (χ3n) is 5.83. The van der Waals surface area contributed by atoms with Gasteiger partial charge in [0.25, 0.3) is 15.7 Å². The molecule has 0 fully saturated rings. The van der Waals surface area contributed by atoms with Crippen LogP contribution < -0.4 is 5.56 Å². The van der Waals surface area contributed by atoms with Gasteiger partial charge in [0.05, 0.1) is 29.3 Å². The summed E-state index contributed by atoms with van der Waals surface area (Å²) in [5, 5.41) is 13.8. The lowest BCUT2D eigenvalue weighted by Crippen LogP contribution is -2.24. The van der Waals surface area contributed by atoms with Gasteiger partial charge >= 0.3 is 5.97 Å². The van der Waals surface area contributed by atoms with Crippen LogP contribution in [0.4, 0.5) is 0 Å². The van der Waals surface area contributed by atoms with Crippen molar-refractivity contribution < 1.29 is 22.5 Å². The van der Waals surface area contributed by atoms with Crippen LogP contribution in [0.5, 0.6) is 0 Å². The van der Waals surface area contributed by atoms with Crippen LogP contribution in [0.25, 0.3) is 11.3 Å². The van der Waals surface area contributed by atoms with Crippen LogP contribution in [0.15, 0.2) is 88.6 Å². The van der Waals surface area contributed by atoms with Gasteiger partial charge in [0, 0.05) is 11.6 Å². The number of aryl methyl sites for hydroxylation is 2. The molecule has 4 rings (SSSR count). The first-order chi connectivity index (χ1) is 17.6. The normalized spacial score (nSPS) is 11.4. The van der Waals surface area contributed by atoms with Crippen LogP contribution in [0.2, 0.25) is 0 Å². The molecule has 0 amide bonds. The van der Waals surface area contributed by atoms with Crippen LogP contribution in [-0.2, 0) is 27.3 Å². The summed E-state index contributed by atoms with van der Waals surface area (Å²) in [4.78, 5) is 24.0. The molecular weight excluding hydrogens is 492 g/mol. The van der Waals surface area contributed by atoms with Gasteiger partial charge in [-0.05, 0) is 67.3 Å². The third kappa shape index (κ3) is 6.38. The number of benzene rings is 3. The fraction of sp³-hybridized carbons (Fsp3) is 0.179. The maximum Gasteiger partial charge on any atom is 0.335 e. The van der Waals surface area contributed by atoms with Gasteiger partial charge < -0.3 is 5.11 Å². The van der Waals surface area contributed by atoms with Crippen molar-refractivity contribution in [2.45, 2.75) is 31.7 Å². The van der Waals surface area contributed by atoms with E-state index in [2.05, 4.69) is 5.10 Å². The van der Waals surface area contributed by atoms with Crippen LogP contribution in [0.3, 0.4) is 0 Å². The Hall–Kier alpha value is -4.08. The van der Waals surface area contributed by atoms with Crippen molar-refractivity contribution in [3.63, 3.8) is 0 Å². The molecule has 1 aromatic heterocycles. The van der Waals surface area contributed by atoms with Gasteiger partial charge in [-0.3, -0.25) is 8.98 Å². The molecule has 1 heterocycles. The van der Waals surface area contributed by atoms with Gasteiger partial charge in [0.15, 0.2) is 0 Å². The summed E-state index contributed by atoms with van der Waals surface area (Å²) in [6, 6.07) is 21.8. The van der Waals surface area contributed by atoms with E-state index >= 15 is 0 Å². The summed E-state index contributed by atoms with van der Waals surface area (Å²) < 4.78 is 31.4. The van der Waals surface area contributed by atoms with E-state index < -0.39 is 16.1 Å². The fourth-order valence-corrected chi connectivity index (χ4v) is 4.78. The highest BCUT2D eigenvalue weighted by Crippen LogP contribution is 2.22. The molecular formula is C28H26N2O6S. The van der Waals surface area contributed by atoms with E-state index in [1.165, 1.54) is 35.0 Å². The first-order valence-corrected chi connectivity index (χ1v) is 13.0. The topological polar surface area (TPSA) is 116 Å². The molecule has 0 radical (unpaired) electrons. The average Bonchev–Trinajstić information content (AvgIpc) is 2.86. The predicted octanol–water partition coefficient (Wildman–Crippen LogP) is 4.22. The number of aromatic nitrogens is 2. The Morgan fingerprint density at radius 2 is 1.65 bits per heavy atom. The van der Waals surface area contributed by atoms with Crippen molar-refractivity contribution >= 4 is 16.1 Å². The summed E-state index contributed by atoms with van der Waals surface area (Å²) in [6.07, 6.45) is 0.361. The Bertz CT molecular complexity index is 1610. The first kappa shape index (κ1) is 26.0. The standard InChI is InChI=1S/C28H26N2O6S/c1-19-9-11-25(12-10-19)37(34,35)36-14-13-21-5-3-7-23(16-21)27-20(2)15-26(31)30(29-27)18-22-6-4-8-24(17-22)28(32)33/h3-12,15-17H,13-14,18H2,1-2H3,(H,32,33). The Balaban J connectivity index is 1.52. The highest BCUT2D eigenvalue weighted by atomic mass is 32.2. The van der Waals surface area contributed by atoms with Crippen molar-refractivity contribution in [2.24, 2.45) is 0 Å². The van der Waals surface area contributed by atoms with Crippen molar-refractivity contribution in [2.75, 3.05) is 6.61 Å². The SMILES string of the molecule is Cc1ccc(S(=O)(=O)OCCc2cccc(-c3nn(Cc4cccc(C(=O)O)c4)c(=O)cc3C)c2)cc1. The fourth-order valence-electron chi connectivity index (χ4n) is 3.87. The Morgan fingerprint density at radius 3 is 2.38 bits per heavy atom. The average molecular weight is 519 g/mol. The van der Waals surface area contributed by atoms with Gasteiger partial charge in [-0.15, -0.1) is 0 Å². The van der Waals surface area contributed by atoms with Crippen LogP contribution >= 0.6 is 0 Å². The second-order valence-electron chi connectivity index (χ2n) is 8.72. The minimum Gasteiger partial charge on any atom is -0.478 e. The third-order valence-corrected chi connectivity index (χ3v) is 7.16. The van der Waals surface area contributed by atoms with E-state index in [4.69, 9.17) is 4.18 Å². The molecule has 4 aromatic rings. The number of carboxylic acid groups (broad SMARTS) is 1. The monoisotopic (exact) mass is 518 g/mol. The number of hydrogen-bond donors (Lipinski definition) is 1. The quantitative estimate of drug-likeness (QED) is 0.330. The van der Waals surface area contributed by atoms with Crippen molar-refractivity contribution in [1.82, 2.24) is 9.78 Å². The predicted molar refractivity (Wildman–Crippen MR) is 139 cm³/mol. The van der Waals surface area contributed by atoms with E-state index in [0.717, 1.165) is 16.7 Å². The summed E-state index contributed by atoms with van der Waals surface area (Å²) in [5.41, 5.74) is 4.35. The Labute approximate surface area is 214 Å². The first-order valence-electron chi connectivity index (χ1n) is 11.6.